The van der Waals surface area contributed by atoms with Gasteiger partial charge < -0.3 is 20.1 Å². The van der Waals surface area contributed by atoms with Crippen LogP contribution in [0.4, 0.5) is 10.2 Å². The van der Waals surface area contributed by atoms with Crippen LogP contribution in [-0.4, -0.2) is 63.7 Å². The van der Waals surface area contributed by atoms with Gasteiger partial charge in [-0.1, -0.05) is 6.07 Å². The summed E-state index contributed by atoms with van der Waals surface area (Å²) in [5.74, 6) is 1.09. The monoisotopic (exact) mass is 436 g/mol. The predicted octanol–water partition coefficient (Wildman–Crippen LogP) is 2.98. The quantitative estimate of drug-likeness (QED) is 0.630. The summed E-state index contributed by atoms with van der Waals surface area (Å²) in [5, 5.41) is 21.7. The molecule has 9 heteroatoms. The third-order valence-corrected chi connectivity index (χ3v) is 6.50. The summed E-state index contributed by atoms with van der Waals surface area (Å²) in [5.41, 5.74) is 2.66. The highest BCUT2D eigenvalue weighted by molar-refractivity contribution is 5.74. The van der Waals surface area contributed by atoms with Crippen LogP contribution in [0, 0.1) is 0 Å². The summed E-state index contributed by atoms with van der Waals surface area (Å²) in [6, 6.07) is 7.13. The van der Waals surface area contributed by atoms with Crippen molar-refractivity contribution in [3.63, 3.8) is 0 Å². The van der Waals surface area contributed by atoms with Crippen LogP contribution in [0.5, 0.6) is 11.6 Å². The second kappa shape index (κ2) is 8.31. The lowest BCUT2D eigenvalue weighted by atomic mass is 9.96. The first-order valence-electron chi connectivity index (χ1n) is 10.7. The Hall–Kier alpha value is -3.33. The summed E-state index contributed by atoms with van der Waals surface area (Å²) < 4.78 is 20.0. The molecule has 2 bridgehead atoms. The fourth-order valence-corrected chi connectivity index (χ4v) is 4.69. The molecule has 2 saturated heterocycles. The number of ether oxygens (including phenoxy) is 1. The summed E-state index contributed by atoms with van der Waals surface area (Å²) >= 11 is 0. The number of halogens is 1. The highest BCUT2D eigenvalue weighted by Crippen LogP contribution is 2.35. The minimum absolute atomic E-state index is 0.0699. The minimum Gasteiger partial charge on any atom is -0.507 e. The van der Waals surface area contributed by atoms with Crippen molar-refractivity contribution >= 4 is 5.82 Å². The van der Waals surface area contributed by atoms with E-state index in [-0.39, 0.29) is 17.8 Å². The highest BCUT2D eigenvalue weighted by Gasteiger charge is 2.43. The minimum atomic E-state index is -0.932. The van der Waals surface area contributed by atoms with E-state index in [4.69, 9.17) is 4.74 Å². The van der Waals surface area contributed by atoms with Gasteiger partial charge in [-0.25, -0.2) is 9.37 Å². The zero-order chi connectivity index (χ0) is 22.2. The third kappa shape index (κ3) is 3.73. The molecule has 166 valence electrons. The smallest absolute Gasteiger partial charge is 0.233 e. The number of phenols is 1. The molecule has 2 aliphatic rings. The Bertz CT molecular complexity index is 1110. The summed E-state index contributed by atoms with van der Waals surface area (Å²) in [6.07, 6.45) is 6.59. The molecule has 4 atom stereocenters. The molecule has 2 aliphatic heterocycles. The number of piperidine rings is 1. The van der Waals surface area contributed by atoms with E-state index in [1.54, 1.807) is 36.8 Å². The fraction of sp³-hybridized carbons (Fsp3) is 0.391. The van der Waals surface area contributed by atoms with Crippen LogP contribution >= 0.6 is 0 Å². The van der Waals surface area contributed by atoms with Crippen molar-refractivity contribution in [3.05, 3.63) is 42.9 Å². The lowest BCUT2D eigenvalue weighted by molar-refractivity contribution is 0.176. The number of methoxy groups -OCH3 is 1. The Morgan fingerprint density at radius 2 is 2.00 bits per heavy atom. The van der Waals surface area contributed by atoms with Crippen molar-refractivity contribution < 1.29 is 14.2 Å². The normalized spacial score (nSPS) is 24.3. The Kier molecular flexibility index (Phi) is 5.34. The Labute approximate surface area is 185 Å². The molecule has 0 aliphatic carbocycles. The molecule has 8 nitrogen and oxygen atoms in total. The molecule has 2 N–H and O–H groups in total. The van der Waals surface area contributed by atoms with Crippen LogP contribution < -0.4 is 15.0 Å². The zero-order valence-electron chi connectivity index (χ0n) is 17.9. The number of anilines is 1. The van der Waals surface area contributed by atoms with E-state index < -0.39 is 6.17 Å². The van der Waals surface area contributed by atoms with E-state index in [9.17, 15) is 9.50 Å². The fourth-order valence-electron chi connectivity index (χ4n) is 4.69. The average Bonchev–Trinajstić information content (AvgIpc) is 3.24. The number of aromatic nitrogens is 4. The maximum Gasteiger partial charge on any atom is 0.233 e. The van der Waals surface area contributed by atoms with Gasteiger partial charge in [-0.3, -0.25) is 4.98 Å². The lowest BCUT2D eigenvalue weighted by Gasteiger charge is -2.38. The van der Waals surface area contributed by atoms with Crippen molar-refractivity contribution in [1.29, 1.82) is 0 Å². The molecule has 2 aromatic heterocycles. The number of benzene rings is 1. The van der Waals surface area contributed by atoms with E-state index in [1.807, 2.05) is 18.0 Å². The largest absolute Gasteiger partial charge is 0.507 e. The van der Waals surface area contributed by atoms with Crippen LogP contribution in [0.1, 0.15) is 19.3 Å². The molecule has 0 unspecified atom stereocenters. The first kappa shape index (κ1) is 20.6. The van der Waals surface area contributed by atoms with Crippen molar-refractivity contribution in [2.45, 2.75) is 43.6 Å². The van der Waals surface area contributed by atoms with E-state index >= 15 is 0 Å². The second-order valence-corrected chi connectivity index (χ2v) is 8.38. The van der Waals surface area contributed by atoms with Crippen molar-refractivity contribution in [1.82, 2.24) is 25.5 Å². The van der Waals surface area contributed by atoms with Crippen LogP contribution in [-0.2, 0) is 0 Å². The molecule has 0 radical (unpaired) electrons. The van der Waals surface area contributed by atoms with Gasteiger partial charge in [-0.2, -0.15) is 5.10 Å². The molecule has 0 amide bonds. The maximum absolute atomic E-state index is 14.9. The molecular weight excluding hydrogens is 411 g/mol. The number of phenolic OH excluding ortho intramolecular Hbond substituents is 1. The third-order valence-electron chi connectivity index (χ3n) is 6.50. The average molecular weight is 436 g/mol. The van der Waals surface area contributed by atoms with Crippen LogP contribution in [0.25, 0.3) is 22.4 Å². The predicted molar refractivity (Wildman–Crippen MR) is 118 cm³/mol. The SMILES string of the molecule is COc1cc(-c2ccc(-c3cnc(N(C)[C@H]4C[C@@H]5CC[C@@H](N5)[C@H]4F)cn3)c(O)c2)cnn1. The highest BCUT2D eigenvalue weighted by atomic mass is 19.1. The van der Waals surface area contributed by atoms with E-state index in [0.29, 0.717) is 29.0 Å². The van der Waals surface area contributed by atoms with Crippen molar-refractivity contribution in [3.8, 4) is 34.0 Å². The molecule has 2 fully saturated rings. The number of fused-ring (bicyclic) bond motifs is 2. The standard InChI is InChI=1S/C23H25FN6O2/c1-30(19-9-15-4-6-17(28-15)23(19)24)21-12-25-18(11-26-21)16-5-3-13(7-20(16)31)14-8-22(32-2)29-27-10-14/h3,5,7-8,10-12,15,17,19,23,28,31H,4,6,9H2,1-2H3/t15-,17+,19-,23+/m0/s1. The van der Waals surface area contributed by atoms with Gasteiger partial charge in [0.25, 0.3) is 0 Å². The molecule has 5 rings (SSSR count). The number of rotatable bonds is 5. The van der Waals surface area contributed by atoms with Gasteiger partial charge in [0.2, 0.25) is 5.88 Å². The number of nitrogens with one attached hydrogen (secondary N) is 1. The maximum atomic E-state index is 14.9. The van der Waals surface area contributed by atoms with Gasteiger partial charge in [0.1, 0.15) is 17.7 Å². The van der Waals surface area contributed by atoms with Crippen LogP contribution in [0.3, 0.4) is 0 Å². The van der Waals surface area contributed by atoms with Gasteiger partial charge in [-0.05, 0) is 37.0 Å². The van der Waals surface area contributed by atoms with E-state index in [1.165, 1.54) is 7.11 Å². The van der Waals surface area contributed by atoms with Gasteiger partial charge in [0.15, 0.2) is 0 Å². The first-order chi connectivity index (χ1) is 15.5. The first-order valence-corrected chi connectivity index (χ1v) is 10.7. The molecule has 0 saturated carbocycles. The number of aromatic hydroxyl groups is 1. The topological polar surface area (TPSA) is 96.3 Å². The molecule has 0 spiro atoms. The summed E-state index contributed by atoms with van der Waals surface area (Å²) in [6.45, 7) is 0. The number of hydrogen-bond acceptors (Lipinski definition) is 8. The van der Waals surface area contributed by atoms with Gasteiger partial charge in [-0.15, -0.1) is 5.10 Å². The number of alkyl halides is 1. The van der Waals surface area contributed by atoms with E-state index in [0.717, 1.165) is 30.4 Å². The van der Waals surface area contributed by atoms with Crippen molar-refractivity contribution in [2.75, 3.05) is 19.1 Å². The molecule has 32 heavy (non-hydrogen) atoms. The number of hydrogen-bond donors (Lipinski definition) is 2. The number of nitrogens with zero attached hydrogens (tertiary/aromatic N) is 5. The van der Waals surface area contributed by atoms with Crippen LogP contribution in [0.15, 0.2) is 42.9 Å². The zero-order valence-corrected chi connectivity index (χ0v) is 17.9. The Balaban J connectivity index is 1.35. The van der Waals surface area contributed by atoms with Crippen molar-refractivity contribution in [2.24, 2.45) is 0 Å². The molecule has 4 heterocycles. The molecular formula is C23H25FN6O2. The van der Waals surface area contributed by atoms with Crippen LogP contribution in [0.2, 0.25) is 0 Å². The molecule has 3 aromatic rings. The van der Waals surface area contributed by atoms with Gasteiger partial charge in [0.05, 0.1) is 37.4 Å². The molecule has 1 aromatic carbocycles. The summed E-state index contributed by atoms with van der Waals surface area (Å²) in [4.78, 5) is 10.9. The Morgan fingerprint density at radius 3 is 2.75 bits per heavy atom. The Morgan fingerprint density at radius 1 is 1.12 bits per heavy atom. The van der Waals surface area contributed by atoms with E-state index in [2.05, 4.69) is 25.5 Å². The second-order valence-electron chi connectivity index (χ2n) is 8.38. The van der Waals surface area contributed by atoms with Gasteiger partial charge in [0, 0.05) is 36.3 Å². The lowest BCUT2D eigenvalue weighted by Crippen LogP contribution is -2.55. The van der Waals surface area contributed by atoms with Gasteiger partial charge >= 0.3 is 0 Å². The summed E-state index contributed by atoms with van der Waals surface area (Å²) in [7, 11) is 3.40.